The molecule has 0 fully saturated rings. The first-order valence-electron chi connectivity index (χ1n) is 6.50. The highest BCUT2D eigenvalue weighted by Crippen LogP contribution is 2.16. The van der Waals surface area contributed by atoms with Gasteiger partial charge in [-0.15, -0.1) is 0 Å². The summed E-state index contributed by atoms with van der Waals surface area (Å²) in [5.74, 6) is 0.0962. The van der Waals surface area contributed by atoms with E-state index in [1.165, 1.54) is 0 Å². The van der Waals surface area contributed by atoms with E-state index in [1.807, 2.05) is 65.4 Å². The maximum Gasteiger partial charge on any atom is 0.227 e. The summed E-state index contributed by atoms with van der Waals surface area (Å²) in [4.78, 5) is 12.4. The van der Waals surface area contributed by atoms with Gasteiger partial charge in [0.05, 0.1) is 0 Å². The zero-order valence-electron chi connectivity index (χ0n) is 11.5. The normalized spacial score (nSPS) is 10.3. The molecule has 0 aliphatic carbocycles. The van der Waals surface area contributed by atoms with Crippen LogP contribution < -0.4 is 21.5 Å². The van der Waals surface area contributed by atoms with Gasteiger partial charge in [-0.1, -0.05) is 23.7 Å². The van der Waals surface area contributed by atoms with Gasteiger partial charge in [0.2, 0.25) is 17.8 Å². The van der Waals surface area contributed by atoms with Crippen LogP contribution in [0.1, 0.15) is 10.4 Å². The summed E-state index contributed by atoms with van der Waals surface area (Å²) in [6.07, 6.45) is 1.92. The van der Waals surface area contributed by atoms with Crippen LogP contribution in [0.4, 0.5) is 0 Å². The molecule has 0 radical (unpaired) electrons. The summed E-state index contributed by atoms with van der Waals surface area (Å²) in [6, 6.07) is 17.2. The highest BCUT2D eigenvalue weighted by molar-refractivity contribution is 14.1. The van der Waals surface area contributed by atoms with Gasteiger partial charge in [0.15, 0.2) is 6.20 Å². The monoisotopic (exact) mass is 487 g/mol. The third-order valence-electron chi connectivity index (χ3n) is 3.32. The average Bonchev–Trinajstić information content (AvgIpc) is 2.47. The third-order valence-corrected chi connectivity index (χ3v) is 4.28. The first-order chi connectivity index (χ1) is 10.1. The summed E-state index contributed by atoms with van der Waals surface area (Å²) in [7, 11) is 0. The van der Waals surface area contributed by atoms with Crippen molar-refractivity contribution in [1.29, 1.82) is 0 Å². The van der Waals surface area contributed by atoms with Crippen molar-refractivity contribution < 1.29 is 26.3 Å². The quantitative estimate of drug-likeness (QED) is 0.309. The SMILES string of the molecule is O=C(C[n+]1cccc2cc(Cl)ccc21)c1ccc(I)cc1.[Br-]. The highest BCUT2D eigenvalue weighted by Gasteiger charge is 2.15. The molecule has 2 nitrogen and oxygen atoms in total. The van der Waals surface area contributed by atoms with E-state index in [0.717, 1.165) is 20.0 Å². The summed E-state index contributed by atoms with van der Waals surface area (Å²) in [6.45, 7) is 0.319. The van der Waals surface area contributed by atoms with Gasteiger partial charge in [-0.25, -0.2) is 0 Å². The van der Waals surface area contributed by atoms with E-state index in [-0.39, 0.29) is 22.8 Å². The van der Waals surface area contributed by atoms with Crippen LogP contribution in [-0.2, 0) is 6.54 Å². The van der Waals surface area contributed by atoms with Crippen molar-refractivity contribution in [2.75, 3.05) is 0 Å². The van der Waals surface area contributed by atoms with E-state index in [1.54, 1.807) is 0 Å². The second-order valence-electron chi connectivity index (χ2n) is 4.77. The summed E-state index contributed by atoms with van der Waals surface area (Å²) < 4.78 is 3.07. The zero-order chi connectivity index (χ0) is 14.8. The van der Waals surface area contributed by atoms with E-state index in [4.69, 9.17) is 11.6 Å². The summed E-state index contributed by atoms with van der Waals surface area (Å²) in [5.41, 5.74) is 1.73. The lowest BCUT2D eigenvalue weighted by atomic mass is 10.1. The number of benzene rings is 2. The van der Waals surface area contributed by atoms with E-state index in [9.17, 15) is 4.79 Å². The minimum Gasteiger partial charge on any atom is -1.00 e. The van der Waals surface area contributed by atoms with Crippen molar-refractivity contribution in [2.45, 2.75) is 6.54 Å². The number of hydrogen-bond acceptors (Lipinski definition) is 1. The molecular weight excluding hydrogens is 476 g/mol. The fourth-order valence-electron chi connectivity index (χ4n) is 2.27. The van der Waals surface area contributed by atoms with Gasteiger partial charge in [0.1, 0.15) is 0 Å². The number of pyridine rings is 1. The lowest BCUT2D eigenvalue weighted by molar-refractivity contribution is -0.657. The largest absolute Gasteiger partial charge is 1.00 e. The first-order valence-corrected chi connectivity index (χ1v) is 7.96. The maximum atomic E-state index is 12.4. The molecule has 112 valence electrons. The fraction of sp³-hybridized carbons (Fsp3) is 0.0588. The first kappa shape index (κ1) is 17.4. The van der Waals surface area contributed by atoms with Crippen LogP contribution in [0.15, 0.2) is 60.8 Å². The Hall–Kier alpha value is -0.980. The second-order valence-corrected chi connectivity index (χ2v) is 6.45. The van der Waals surface area contributed by atoms with Crippen LogP contribution in [0, 0.1) is 3.57 Å². The Kier molecular flexibility index (Phi) is 5.94. The molecule has 2 aromatic carbocycles. The Morgan fingerprint density at radius 3 is 2.55 bits per heavy atom. The second kappa shape index (κ2) is 7.53. The topological polar surface area (TPSA) is 20.9 Å². The van der Waals surface area contributed by atoms with E-state index in [2.05, 4.69) is 22.6 Å². The van der Waals surface area contributed by atoms with Crippen molar-refractivity contribution in [1.82, 2.24) is 0 Å². The molecule has 3 rings (SSSR count). The van der Waals surface area contributed by atoms with Gasteiger partial charge in [0.25, 0.3) is 0 Å². The molecular formula is C17H12BrClINO. The van der Waals surface area contributed by atoms with Crippen molar-refractivity contribution in [2.24, 2.45) is 0 Å². The maximum absolute atomic E-state index is 12.4. The number of ketones is 1. The molecule has 1 aromatic heterocycles. The summed E-state index contributed by atoms with van der Waals surface area (Å²) in [5, 5.41) is 1.73. The minimum absolute atomic E-state index is 0. The molecule has 0 bridgehead atoms. The van der Waals surface area contributed by atoms with Crippen molar-refractivity contribution in [3.8, 4) is 0 Å². The van der Waals surface area contributed by atoms with E-state index in [0.29, 0.717) is 11.6 Å². The molecule has 0 aliphatic heterocycles. The molecule has 5 heteroatoms. The van der Waals surface area contributed by atoms with Gasteiger partial charge in [-0.2, -0.15) is 4.57 Å². The van der Waals surface area contributed by atoms with Crippen molar-refractivity contribution in [3.63, 3.8) is 0 Å². The molecule has 0 atom stereocenters. The standard InChI is InChI=1S/C17H12ClINO.BrH/c18-14-5-8-16-13(10-14)2-1-9-20(16)11-17(21)12-3-6-15(19)7-4-12;/h1-10H,11H2;1H/q+1;/p-1. The molecule has 0 N–H and O–H groups in total. The number of carbonyl (C=O) groups is 1. The lowest BCUT2D eigenvalue weighted by Gasteiger charge is -2.02. The van der Waals surface area contributed by atoms with Gasteiger partial charge in [-0.05, 0) is 52.9 Å². The zero-order valence-corrected chi connectivity index (χ0v) is 16.0. The molecule has 22 heavy (non-hydrogen) atoms. The molecule has 3 aromatic rings. The van der Waals surface area contributed by atoms with Gasteiger partial charge >= 0.3 is 0 Å². The molecule has 0 amide bonds. The third kappa shape index (κ3) is 3.86. The van der Waals surface area contributed by atoms with Crippen LogP contribution in [0.2, 0.25) is 5.02 Å². The van der Waals surface area contributed by atoms with Crippen molar-refractivity contribution in [3.05, 3.63) is 75.0 Å². The minimum atomic E-state index is 0. The van der Waals surface area contributed by atoms with Crippen LogP contribution >= 0.6 is 34.2 Å². The Morgan fingerprint density at radius 2 is 1.82 bits per heavy atom. The highest BCUT2D eigenvalue weighted by atomic mass is 127. The lowest BCUT2D eigenvalue weighted by Crippen LogP contribution is -3.00. The number of hydrogen-bond donors (Lipinski definition) is 0. The number of carbonyl (C=O) groups excluding carboxylic acids is 1. The Bertz CT molecular complexity index is 821. The molecule has 0 saturated carbocycles. The number of Topliss-reactive ketones (excluding diaryl/α,β-unsaturated/α-hetero) is 1. The smallest absolute Gasteiger partial charge is 0.227 e. The Balaban J connectivity index is 0.00000176. The fourth-order valence-corrected chi connectivity index (χ4v) is 2.81. The predicted molar refractivity (Wildman–Crippen MR) is 92.6 cm³/mol. The molecule has 0 unspecified atom stereocenters. The number of nitrogens with zero attached hydrogens (tertiary/aromatic N) is 1. The van der Waals surface area contributed by atoms with Gasteiger partial charge < -0.3 is 17.0 Å². The van der Waals surface area contributed by atoms with Crippen LogP contribution in [-0.4, -0.2) is 5.78 Å². The molecule has 0 spiro atoms. The van der Waals surface area contributed by atoms with Crippen molar-refractivity contribution >= 4 is 50.9 Å². The molecule has 1 heterocycles. The van der Waals surface area contributed by atoms with Crippen LogP contribution in [0.5, 0.6) is 0 Å². The number of rotatable bonds is 3. The molecule has 0 saturated heterocycles. The number of halogens is 3. The van der Waals surface area contributed by atoms with E-state index < -0.39 is 0 Å². The van der Waals surface area contributed by atoms with Crippen LogP contribution in [0.3, 0.4) is 0 Å². The Labute approximate surface area is 158 Å². The number of aromatic nitrogens is 1. The van der Waals surface area contributed by atoms with Crippen LogP contribution in [0.25, 0.3) is 10.9 Å². The number of fused-ring (bicyclic) bond motifs is 1. The van der Waals surface area contributed by atoms with Gasteiger partial charge in [0, 0.05) is 31.7 Å². The molecule has 0 aliphatic rings. The Morgan fingerprint density at radius 1 is 1.09 bits per heavy atom. The van der Waals surface area contributed by atoms with E-state index >= 15 is 0 Å². The predicted octanol–water partition coefficient (Wildman–Crippen LogP) is 1.27. The summed E-state index contributed by atoms with van der Waals surface area (Å²) >= 11 is 8.24. The van der Waals surface area contributed by atoms with Gasteiger partial charge in [-0.3, -0.25) is 4.79 Å². The average molecular weight is 489 g/mol.